The summed E-state index contributed by atoms with van der Waals surface area (Å²) in [5.41, 5.74) is 2.06. The lowest BCUT2D eigenvalue weighted by Gasteiger charge is -2.23. The van der Waals surface area contributed by atoms with Gasteiger partial charge in [-0.3, -0.25) is 4.79 Å². The van der Waals surface area contributed by atoms with Crippen molar-refractivity contribution < 1.29 is 4.79 Å². The molecular formula is C16H19BrN2O. The summed E-state index contributed by atoms with van der Waals surface area (Å²) in [6.45, 7) is 4.45. The topological polar surface area (TPSA) is 25.2 Å². The van der Waals surface area contributed by atoms with E-state index in [1.807, 2.05) is 73.1 Å². The molecular weight excluding hydrogens is 316 g/mol. The van der Waals surface area contributed by atoms with E-state index < -0.39 is 0 Å². The number of rotatable bonds is 4. The summed E-state index contributed by atoms with van der Waals surface area (Å²) in [4.78, 5) is 14.3. The number of carbonyl (C=O) groups is 1. The molecule has 0 aliphatic heterocycles. The fourth-order valence-corrected chi connectivity index (χ4v) is 2.29. The van der Waals surface area contributed by atoms with Crippen LogP contribution in [0.3, 0.4) is 0 Å². The number of amides is 1. The Morgan fingerprint density at radius 3 is 2.40 bits per heavy atom. The third kappa shape index (κ3) is 3.51. The Kier molecular flexibility index (Phi) is 4.65. The van der Waals surface area contributed by atoms with E-state index in [1.165, 1.54) is 0 Å². The Hall–Kier alpha value is -1.55. The van der Waals surface area contributed by atoms with Crippen LogP contribution >= 0.6 is 15.9 Å². The molecule has 2 rings (SSSR count). The molecule has 3 nitrogen and oxygen atoms in total. The standard InChI is InChI=1S/C16H19BrN2O/c1-12(2)16(20)19(15-8-9-18(3)11-15)10-13-4-6-14(17)7-5-13/h4-9,11-12H,10H2,1-3H3. The monoisotopic (exact) mass is 334 g/mol. The number of hydrogen-bond acceptors (Lipinski definition) is 1. The van der Waals surface area contributed by atoms with E-state index in [9.17, 15) is 4.79 Å². The van der Waals surface area contributed by atoms with Crippen LogP contribution in [-0.2, 0) is 18.4 Å². The molecule has 1 aromatic heterocycles. The summed E-state index contributed by atoms with van der Waals surface area (Å²) in [5, 5.41) is 0. The highest BCUT2D eigenvalue weighted by Crippen LogP contribution is 2.21. The van der Waals surface area contributed by atoms with Gasteiger partial charge >= 0.3 is 0 Å². The molecule has 0 saturated carbocycles. The molecule has 0 aliphatic rings. The molecule has 0 bridgehead atoms. The average molecular weight is 335 g/mol. The second-order valence-corrected chi connectivity index (χ2v) is 6.16. The molecule has 0 spiro atoms. The Morgan fingerprint density at radius 2 is 1.90 bits per heavy atom. The second-order valence-electron chi connectivity index (χ2n) is 5.24. The first-order chi connectivity index (χ1) is 9.47. The lowest BCUT2D eigenvalue weighted by Crippen LogP contribution is -2.33. The molecule has 0 aliphatic carbocycles. The van der Waals surface area contributed by atoms with Gasteiger partial charge in [0.25, 0.3) is 0 Å². The maximum atomic E-state index is 12.4. The van der Waals surface area contributed by atoms with Gasteiger partial charge in [0.05, 0.1) is 12.2 Å². The van der Waals surface area contributed by atoms with Gasteiger partial charge in [0, 0.05) is 29.8 Å². The van der Waals surface area contributed by atoms with Crippen molar-refractivity contribution in [3.05, 3.63) is 52.8 Å². The van der Waals surface area contributed by atoms with Gasteiger partial charge in [0.15, 0.2) is 0 Å². The zero-order valence-corrected chi connectivity index (χ0v) is 13.6. The van der Waals surface area contributed by atoms with Gasteiger partial charge in [0.1, 0.15) is 0 Å². The third-order valence-corrected chi connectivity index (χ3v) is 3.67. The smallest absolute Gasteiger partial charge is 0.229 e. The van der Waals surface area contributed by atoms with E-state index in [0.717, 1.165) is 15.7 Å². The van der Waals surface area contributed by atoms with Crippen LogP contribution in [0.1, 0.15) is 19.4 Å². The zero-order valence-electron chi connectivity index (χ0n) is 12.0. The van der Waals surface area contributed by atoms with E-state index >= 15 is 0 Å². The maximum absolute atomic E-state index is 12.4. The Labute approximate surface area is 128 Å². The van der Waals surface area contributed by atoms with E-state index in [-0.39, 0.29) is 11.8 Å². The molecule has 0 saturated heterocycles. The minimum absolute atomic E-state index is 0.0225. The molecule has 106 valence electrons. The van der Waals surface area contributed by atoms with E-state index in [1.54, 1.807) is 0 Å². The van der Waals surface area contributed by atoms with Crippen LogP contribution in [0, 0.1) is 5.92 Å². The number of nitrogens with zero attached hydrogens (tertiary/aromatic N) is 2. The largest absolute Gasteiger partial charge is 0.355 e. The fraction of sp³-hybridized carbons (Fsp3) is 0.312. The molecule has 0 atom stereocenters. The number of benzene rings is 1. The molecule has 0 radical (unpaired) electrons. The van der Waals surface area contributed by atoms with Crippen LogP contribution in [0.4, 0.5) is 5.69 Å². The van der Waals surface area contributed by atoms with Crippen molar-refractivity contribution in [2.24, 2.45) is 13.0 Å². The molecule has 0 unspecified atom stereocenters. The number of aromatic nitrogens is 1. The van der Waals surface area contributed by atoms with Gasteiger partial charge in [-0.1, -0.05) is 41.9 Å². The SMILES string of the molecule is CC(C)C(=O)N(Cc1ccc(Br)cc1)c1ccn(C)c1. The van der Waals surface area contributed by atoms with E-state index in [2.05, 4.69) is 15.9 Å². The zero-order chi connectivity index (χ0) is 14.7. The predicted molar refractivity (Wildman–Crippen MR) is 85.6 cm³/mol. The van der Waals surface area contributed by atoms with Gasteiger partial charge in [-0.2, -0.15) is 0 Å². The highest BCUT2D eigenvalue weighted by atomic mass is 79.9. The van der Waals surface area contributed by atoms with Gasteiger partial charge in [-0.05, 0) is 23.8 Å². The third-order valence-electron chi connectivity index (χ3n) is 3.14. The number of carbonyl (C=O) groups excluding carboxylic acids is 1. The molecule has 1 amide bonds. The van der Waals surface area contributed by atoms with Crippen LogP contribution in [0.5, 0.6) is 0 Å². The molecule has 1 aromatic carbocycles. The van der Waals surface area contributed by atoms with Crippen LogP contribution in [0.25, 0.3) is 0 Å². The maximum Gasteiger partial charge on any atom is 0.229 e. The minimum Gasteiger partial charge on any atom is -0.355 e. The normalized spacial score (nSPS) is 10.8. The van der Waals surface area contributed by atoms with Crippen molar-refractivity contribution in [1.29, 1.82) is 0 Å². The second kappa shape index (κ2) is 6.27. The van der Waals surface area contributed by atoms with Crippen LogP contribution in [0.15, 0.2) is 47.2 Å². The minimum atomic E-state index is -0.0225. The van der Waals surface area contributed by atoms with Crippen LogP contribution in [0.2, 0.25) is 0 Å². The highest BCUT2D eigenvalue weighted by Gasteiger charge is 2.19. The lowest BCUT2D eigenvalue weighted by molar-refractivity contribution is -0.121. The Balaban J connectivity index is 2.27. The quantitative estimate of drug-likeness (QED) is 0.830. The first kappa shape index (κ1) is 14.9. The van der Waals surface area contributed by atoms with Crippen molar-refractivity contribution >= 4 is 27.5 Å². The summed E-state index contributed by atoms with van der Waals surface area (Å²) in [6, 6.07) is 10.0. The van der Waals surface area contributed by atoms with E-state index in [4.69, 9.17) is 0 Å². The van der Waals surface area contributed by atoms with Crippen molar-refractivity contribution in [2.45, 2.75) is 20.4 Å². The molecule has 0 fully saturated rings. The summed E-state index contributed by atoms with van der Waals surface area (Å²) in [6.07, 6.45) is 3.93. The first-order valence-corrected chi connectivity index (χ1v) is 7.44. The van der Waals surface area contributed by atoms with Gasteiger partial charge in [-0.25, -0.2) is 0 Å². The Morgan fingerprint density at radius 1 is 1.25 bits per heavy atom. The number of anilines is 1. The van der Waals surface area contributed by atoms with Crippen molar-refractivity contribution in [1.82, 2.24) is 4.57 Å². The first-order valence-electron chi connectivity index (χ1n) is 6.65. The summed E-state index contributed by atoms with van der Waals surface area (Å²) in [7, 11) is 1.96. The Bertz CT molecular complexity index is 587. The average Bonchev–Trinajstić information content (AvgIpc) is 2.83. The number of aryl methyl sites for hydroxylation is 1. The molecule has 20 heavy (non-hydrogen) atoms. The van der Waals surface area contributed by atoms with E-state index in [0.29, 0.717) is 6.54 Å². The summed E-state index contributed by atoms with van der Waals surface area (Å²) in [5.74, 6) is 0.116. The van der Waals surface area contributed by atoms with Crippen molar-refractivity contribution in [2.75, 3.05) is 4.90 Å². The summed E-state index contributed by atoms with van der Waals surface area (Å²) >= 11 is 3.43. The van der Waals surface area contributed by atoms with Crippen molar-refractivity contribution in [3.63, 3.8) is 0 Å². The lowest BCUT2D eigenvalue weighted by atomic mass is 10.1. The summed E-state index contributed by atoms with van der Waals surface area (Å²) < 4.78 is 3.00. The molecule has 4 heteroatoms. The van der Waals surface area contributed by atoms with Crippen LogP contribution < -0.4 is 4.90 Å². The van der Waals surface area contributed by atoms with Gasteiger partial charge in [0.2, 0.25) is 5.91 Å². The van der Waals surface area contributed by atoms with Crippen molar-refractivity contribution in [3.8, 4) is 0 Å². The number of hydrogen-bond donors (Lipinski definition) is 0. The number of halogens is 1. The predicted octanol–water partition coefficient (Wildman–Crippen LogP) is 3.98. The fourth-order valence-electron chi connectivity index (χ4n) is 2.03. The molecule has 0 N–H and O–H groups in total. The van der Waals surface area contributed by atoms with Gasteiger partial charge < -0.3 is 9.47 Å². The molecule has 2 aromatic rings. The highest BCUT2D eigenvalue weighted by molar-refractivity contribution is 9.10. The van der Waals surface area contributed by atoms with Crippen LogP contribution in [-0.4, -0.2) is 10.5 Å². The van der Waals surface area contributed by atoms with Gasteiger partial charge in [-0.15, -0.1) is 0 Å². The molecule has 1 heterocycles.